The first-order valence-electron chi connectivity index (χ1n) is 12.5. The van der Waals surface area contributed by atoms with E-state index in [0.29, 0.717) is 51.2 Å². The lowest BCUT2D eigenvalue weighted by Crippen LogP contribution is -2.23. The number of anilines is 1. The zero-order chi connectivity index (χ0) is 29.3. The Bertz CT molecular complexity index is 1830. The Labute approximate surface area is 242 Å². The minimum atomic E-state index is -3.86. The molecule has 208 valence electrons. The summed E-state index contributed by atoms with van der Waals surface area (Å²) in [5, 5.41) is 13.8. The first kappa shape index (κ1) is 28.0. The van der Waals surface area contributed by atoms with Crippen LogP contribution >= 0.6 is 11.6 Å². The molecule has 2 heterocycles. The van der Waals surface area contributed by atoms with Gasteiger partial charge in [-0.2, -0.15) is 10.1 Å². The summed E-state index contributed by atoms with van der Waals surface area (Å²) in [6.07, 6.45) is 1.58. The maximum Gasteiger partial charge on any atom is 0.280 e. The molecule has 5 rings (SSSR count). The molecule has 0 bridgehead atoms. The second kappa shape index (κ2) is 11.2. The van der Waals surface area contributed by atoms with Crippen LogP contribution in [0, 0.1) is 6.92 Å². The average Bonchev–Trinajstić information content (AvgIpc) is 3.53. The number of aryl methyl sites for hydroxylation is 1. The van der Waals surface area contributed by atoms with E-state index in [1.165, 1.54) is 29.3 Å². The van der Waals surface area contributed by atoms with Gasteiger partial charge in [0.25, 0.3) is 11.8 Å². The third-order valence-corrected chi connectivity index (χ3v) is 7.71. The second-order valence-electron chi connectivity index (χ2n) is 9.46. The molecule has 0 saturated carbocycles. The molecule has 11 heteroatoms. The normalized spacial score (nSPS) is 14.4. The summed E-state index contributed by atoms with van der Waals surface area (Å²) in [4.78, 5) is 25.9. The van der Waals surface area contributed by atoms with Crippen LogP contribution in [0.25, 0.3) is 17.4 Å². The van der Waals surface area contributed by atoms with Gasteiger partial charge in [-0.15, -0.1) is 0 Å². The van der Waals surface area contributed by atoms with Crippen molar-refractivity contribution in [2.45, 2.75) is 25.3 Å². The molecule has 9 nitrogen and oxygen atoms in total. The van der Waals surface area contributed by atoms with Gasteiger partial charge in [0.15, 0.2) is 0 Å². The number of nitrogens with one attached hydrogen (secondary N) is 1. The Kier molecular flexibility index (Phi) is 7.63. The molecule has 4 aromatic rings. The van der Waals surface area contributed by atoms with E-state index in [4.69, 9.17) is 21.2 Å². The third kappa shape index (κ3) is 6.14. The van der Waals surface area contributed by atoms with Crippen molar-refractivity contribution in [1.29, 1.82) is 0 Å². The van der Waals surface area contributed by atoms with Gasteiger partial charge in [0.2, 0.25) is 10.0 Å². The Hall–Kier alpha value is -4.51. The predicted molar refractivity (Wildman–Crippen MR) is 158 cm³/mol. The molecule has 3 N–H and O–H groups in total. The van der Waals surface area contributed by atoms with Crippen molar-refractivity contribution in [2.75, 3.05) is 5.01 Å². The number of carbonyl (C=O) groups excluding carboxylic acids is 2. The van der Waals surface area contributed by atoms with Crippen molar-refractivity contribution in [3.63, 3.8) is 0 Å². The topological polar surface area (TPSA) is 135 Å². The van der Waals surface area contributed by atoms with Crippen LogP contribution < -0.4 is 15.5 Å². The van der Waals surface area contributed by atoms with Crippen LogP contribution in [0.2, 0.25) is 5.02 Å². The lowest BCUT2D eigenvalue weighted by molar-refractivity contribution is -0.114. The highest BCUT2D eigenvalue weighted by Crippen LogP contribution is 2.30. The van der Waals surface area contributed by atoms with Crippen LogP contribution in [0.3, 0.4) is 0 Å². The number of benzene rings is 3. The molecular formula is C30H25ClN4O5S. The SMILES string of the molecule is CC1=NN(c2ccc(S(N)(=O)=O)cc2)C(=O)/C1=C\c1ccc(-c2ccc(Cl)c(C(=O)NCc3ccc(C)cc3)c2)o1. The van der Waals surface area contributed by atoms with Crippen molar-refractivity contribution in [3.05, 3.63) is 112 Å². The van der Waals surface area contributed by atoms with E-state index >= 15 is 0 Å². The van der Waals surface area contributed by atoms with Gasteiger partial charge in [-0.3, -0.25) is 9.59 Å². The molecule has 0 radical (unpaired) electrons. The van der Waals surface area contributed by atoms with Gasteiger partial charge in [-0.25, -0.2) is 13.6 Å². The van der Waals surface area contributed by atoms with Gasteiger partial charge in [0.1, 0.15) is 11.5 Å². The summed E-state index contributed by atoms with van der Waals surface area (Å²) in [6, 6.07) is 21.9. The van der Waals surface area contributed by atoms with Crippen molar-refractivity contribution >= 4 is 50.9 Å². The highest BCUT2D eigenvalue weighted by molar-refractivity contribution is 7.89. The number of hydrogen-bond donors (Lipinski definition) is 2. The maximum absolute atomic E-state index is 13.1. The summed E-state index contributed by atoms with van der Waals surface area (Å²) in [5.41, 5.74) is 4.22. The lowest BCUT2D eigenvalue weighted by atomic mass is 10.1. The third-order valence-electron chi connectivity index (χ3n) is 6.45. The summed E-state index contributed by atoms with van der Waals surface area (Å²) in [7, 11) is -3.86. The summed E-state index contributed by atoms with van der Waals surface area (Å²) in [5.74, 6) is 0.177. The zero-order valence-corrected chi connectivity index (χ0v) is 23.7. The average molecular weight is 589 g/mol. The number of rotatable bonds is 7. The van der Waals surface area contributed by atoms with Crippen molar-refractivity contribution < 1.29 is 22.4 Å². The Morgan fingerprint density at radius 3 is 2.41 bits per heavy atom. The lowest BCUT2D eigenvalue weighted by Gasteiger charge is -2.12. The standard InChI is InChI=1S/C30H25ClN4O5S/c1-18-3-5-20(6-4-18)17-33-29(36)26-15-21(7-13-27(26)31)28-14-10-23(40-28)16-25-19(2)34-35(30(25)37)22-8-11-24(12-9-22)41(32,38)39/h3-16H,17H2,1-2H3,(H,33,36)(H2,32,38,39)/b25-16-. The van der Waals surface area contributed by atoms with Crippen molar-refractivity contribution in [3.8, 4) is 11.3 Å². The van der Waals surface area contributed by atoms with E-state index in [9.17, 15) is 18.0 Å². The van der Waals surface area contributed by atoms with Gasteiger partial charge in [-0.1, -0.05) is 41.4 Å². The number of furan rings is 1. The number of nitrogens with zero attached hydrogens (tertiary/aromatic N) is 2. The van der Waals surface area contributed by atoms with Gasteiger partial charge in [0, 0.05) is 12.1 Å². The minimum absolute atomic E-state index is 0.0680. The quantitative estimate of drug-likeness (QED) is 0.283. The number of sulfonamides is 1. The second-order valence-corrected chi connectivity index (χ2v) is 11.4. The van der Waals surface area contributed by atoms with Gasteiger partial charge in [-0.05, 0) is 80.1 Å². The monoisotopic (exact) mass is 588 g/mol. The number of nitrogens with two attached hydrogens (primary N) is 1. The molecular weight excluding hydrogens is 564 g/mol. The van der Waals surface area contributed by atoms with Crippen LogP contribution in [0.1, 0.15) is 34.2 Å². The predicted octanol–water partition coefficient (Wildman–Crippen LogP) is 5.29. The van der Waals surface area contributed by atoms with Gasteiger partial charge in [0.05, 0.1) is 32.5 Å². The fraction of sp³-hybridized carbons (Fsp3) is 0.100. The summed E-state index contributed by atoms with van der Waals surface area (Å²) >= 11 is 6.33. The highest BCUT2D eigenvalue weighted by atomic mass is 35.5. The molecule has 41 heavy (non-hydrogen) atoms. The van der Waals surface area contributed by atoms with Gasteiger partial charge < -0.3 is 9.73 Å². The zero-order valence-electron chi connectivity index (χ0n) is 22.1. The highest BCUT2D eigenvalue weighted by Gasteiger charge is 2.29. The molecule has 1 aliphatic rings. The Balaban J connectivity index is 1.32. The maximum atomic E-state index is 13.1. The fourth-order valence-corrected chi connectivity index (χ4v) is 4.92. The van der Waals surface area contributed by atoms with E-state index in [1.807, 2.05) is 31.2 Å². The molecule has 3 aromatic carbocycles. The molecule has 0 aliphatic carbocycles. The fourth-order valence-electron chi connectivity index (χ4n) is 4.20. The van der Waals surface area contributed by atoms with Crippen LogP contribution in [-0.4, -0.2) is 25.9 Å². The van der Waals surface area contributed by atoms with E-state index in [2.05, 4.69) is 10.4 Å². The molecule has 0 atom stereocenters. The number of halogens is 1. The molecule has 2 amide bonds. The van der Waals surface area contributed by atoms with Crippen LogP contribution in [0.4, 0.5) is 5.69 Å². The van der Waals surface area contributed by atoms with E-state index in [0.717, 1.165) is 11.1 Å². The minimum Gasteiger partial charge on any atom is -0.457 e. The van der Waals surface area contributed by atoms with Crippen molar-refractivity contribution in [1.82, 2.24) is 5.32 Å². The molecule has 1 aromatic heterocycles. The molecule has 0 fully saturated rings. The Morgan fingerprint density at radius 2 is 1.73 bits per heavy atom. The first-order chi connectivity index (χ1) is 19.5. The van der Waals surface area contributed by atoms with Crippen LogP contribution in [0.5, 0.6) is 0 Å². The smallest absolute Gasteiger partial charge is 0.280 e. The van der Waals surface area contributed by atoms with E-state index < -0.39 is 15.9 Å². The van der Waals surface area contributed by atoms with Crippen LogP contribution in [-0.2, 0) is 21.4 Å². The number of primary sulfonamides is 1. The Morgan fingerprint density at radius 1 is 1.02 bits per heavy atom. The van der Waals surface area contributed by atoms with Gasteiger partial charge >= 0.3 is 0 Å². The van der Waals surface area contributed by atoms with Crippen molar-refractivity contribution in [2.24, 2.45) is 10.2 Å². The van der Waals surface area contributed by atoms with E-state index in [1.54, 1.807) is 43.3 Å². The number of amides is 2. The van der Waals surface area contributed by atoms with E-state index in [-0.39, 0.29) is 10.8 Å². The number of hydrogen-bond acceptors (Lipinski definition) is 6. The molecule has 0 saturated heterocycles. The number of hydrazone groups is 1. The van der Waals surface area contributed by atoms with Crippen LogP contribution in [0.15, 0.2) is 98.8 Å². The first-order valence-corrected chi connectivity index (χ1v) is 14.4. The molecule has 1 aliphatic heterocycles. The largest absolute Gasteiger partial charge is 0.457 e. The summed E-state index contributed by atoms with van der Waals surface area (Å²) in [6.45, 7) is 4.05. The molecule has 0 spiro atoms. The number of carbonyl (C=O) groups is 2. The summed E-state index contributed by atoms with van der Waals surface area (Å²) < 4.78 is 29.0. The molecule has 0 unspecified atom stereocenters.